The molecule has 0 amide bonds. The van der Waals surface area contributed by atoms with Gasteiger partial charge >= 0.3 is 21.1 Å². The summed E-state index contributed by atoms with van der Waals surface area (Å²) >= 11 is 0. The minimum Gasteiger partial charge on any atom is -0.665 e. The molecule has 0 aliphatic carbocycles. The van der Waals surface area contributed by atoms with Crippen molar-refractivity contribution in [2.24, 2.45) is 0 Å². The molecular formula is C8H17MoN4. The molecule has 0 bridgehead atoms. The van der Waals surface area contributed by atoms with Crippen LogP contribution in [-0.2, 0) is 21.1 Å². The molecule has 1 rings (SSSR count). The maximum Gasteiger partial charge on any atom is 3.00 e. The third kappa shape index (κ3) is 8.85. The van der Waals surface area contributed by atoms with E-state index in [0.717, 1.165) is 52.4 Å². The van der Waals surface area contributed by atoms with Gasteiger partial charge in [-0.2, -0.15) is 26.2 Å². The minimum atomic E-state index is 0. The van der Waals surface area contributed by atoms with Crippen molar-refractivity contribution in [1.82, 2.24) is 5.32 Å². The molecule has 0 aromatic heterocycles. The third-order valence-electron chi connectivity index (χ3n) is 1.73. The quantitative estimate of drug-likeness (QED) is 0.644. The van der Waals surface area contributed by atoms with Gasteiger partial charge < -0.3 is 21.3 Å². The Morgan fingerprint density at radius 2 is 1.00 bits per heavy atom. The topological polar surface area (TPSA) is 54.3 Å². The van der Waals surface area contributed by atoms with Crippen LogP contribution >= 0.6 is 0 Å². The van der Waals surface area contributed by atoms with Gasteiger partial charge in [-0.3, -0.25) is 0 Å². The number of hydrogen-bond acceptors (Lipinski definition) is 1. The van der Waals surface area contributed by atoms with Crippen LogP contribution in [0.3, 0.4) is 0 Å². The van der Waals surface area contributed by atoms with Crippen LogP contribution in [-0.4, -0.2) is 52.4 Å². The average Bonchev–Trinajstić information content (AvgIpc) is 2.05. The zero-order valence-corrected chi connectivity index (χ0v) is 9.91. The van der Waals surface area contributed by atoms with E-state index in [9.17, 15) is 0 Å². The molecule has 1 heterocycles. The second-order valence-corrected chi connectivity index (χ2v) is 2.76. The standard InChI is InChI=1S/C8H17N4.Mo/c1-2-10-5-6-12-8-7-11-4-3-9-1;/h9H,1-8H2;/q-3;+3. The van der Waals surface area contributed by atoms with Gasteiger partial charge in [0.15, 0.2) is 0 Å². The van der Waals surface area contributed by atoms with Crippen LogP contribution in [0, 0.1) is 0 Å². The molecule has 0 saturated carbocycles. The van der Waals surface area contributed by atoms with Crippen molar-refractivity contribution in [3.8, 4) is 0 Å². The Balaban J connectivity index is 0.00000144. The molecule has 0 unspecified atom stereocenters. The van der Waals surface area contributed by atoms with Crippen molar-refractivity contribution in [2.45, 2.75) is 0 Å². The molecule has 0 aromatic carbocycles. The Kier molecular flexibility index (Phi) is 11.0. The van der Waals surface area contributed by atoms with Gasteiger partial charge in [-0.05, 0) is 13.1 Å². The van der Waals surface area contributed by atoms with Gasteiger partial charge in [-0.15, -0.1) is 13.1 Å². The summed E-state index contributed by atoms with van der Waals surface area (Å²) in [5, 5.41) is 16.2. The summed E-state index contributed by atoms with van der Waals surface area (Å²) in [6.07, 6.45) is 0. The van der Waals surface area contributed by atoms with Crippen LogP contribution in [0.1, 0.15) is 0 Å². The van der Waals surface area contributed by atoms with E-state index in [2.05, 4.69) is 21.3 Å². The second kappa shape index (κ2) is 10.6. The summed E-state index contributed by atoms with van der Waals surface area (Å²) in [7, 11) is 0. The van der Waals surface area contributed by atoms with E-state index in [1.54, 1.807) is 0 Å². The Hall–Kier alpha value is 0.528. The van der Waals surface area contributed by atoms with Crippen LogP contribution in [0.15, 0.2) is 0 Å². The predicted octanol–water partition coefficient (Wildman–Crippen LogP) is 0.708. The molecule has 1 radical (unpaired) electrons. The number of nitrogens with one attached hydrogen (secondary N) is 1. The van der Waals surface area contributed by atoms with Gasteiger partial charge in [0, 0.05) is 0 Å². The molecular weight excluding hydrogens is 248 g/mol. The molecule has 0 spiro atoms. The molecule has 1 fully saturated rings. The normalized spacial score (nSPS) is 22.2. The van der Waals surface area contributed by atoms with Crippen LogP contribution in [0.2, 0.25) is 0 Å². The van der Waals surface area contributed by atoms with Crippen molar-refractivity contribution < 1.29 is 21.1 Å². The third-order valence-corrected chi connectivity index (χ3v) is 1.73. The van der Waals surface area contributed by atoms with Crippen molar-refractivity contribution >= 4 is 0 Å². The first-order valence-electron chi connectivity index (χ1n) is 4.60. The first-order valence-corrected chi connectivity index (χ1v) is 4.60. The predicted molar refractivity (Wildman–Crippen MR) is 52.1 cm³/mol. The molecule has 75 valence electrons. The van der Waals surface area contributed by atoms with Crippen LogP contribution in [0.5, 0.6) is 0 Å². The maximum atomic E-state index is 4.32. The van der Waals surface area contributed by atoms with Crippen molar-refractivity contribution in [3.05, 3.63) is 16.0 Å². The second-order valence-electron chi connectivity index (χ2n) is 2.76. The Morgan fingerprint density at radius 3 is 1.46 bits per heavy atom. The Labute approximate surface area is 94.9 Å². The maximum absolute atomic E-state index is 4.32. The minimum absolute atomic E-state index is 0. The fraction of sp³-hybridized carbons (Fsp3) is 1.00. The van der Waals surface area contributed by atoms with Gasteiger partial charge in [0.1, 0.15) is 0 Å². The molecule has 13 heavy (non-hydrogen) atoms. The van der Waals surface area contributed by atoms with E-state index in [1.165, 1.54) is 0 Å². The Morgan fingerprint density at radius 1 is 0.615 bits per heavy atom. The Bertz CT molecular complexity index is 59.1. The van der Waals surface area contributed by atoms with E-state index in [1.807, 2.05) is 0 Å². The van der Waals surface area contributed by atoms with Gasteiger partial charge in [-0.25, -0.2) is 0 Å². The summed E-state index contributed by atoms with van der Waals surface area (Å²) < 4.78 is 0. The van der Waals surface area contributed by atoms with Crippen LogP contribution in [0.25, 0.3) is 16.0 Å². The molecule has 0 aromatic rings. The number of nitrogens with zero attached hydrogens (tertiary/aromatic N) is 3. The number of rotatable bonds is 0. The zero-order chi connectivity index (χ0) is 8.49. The monoisotopic (exact) mass is 267 g/mol. The van der Waals surface area contributed by atoms with Crippen molar-refractivity contribution in [2.75, 3.05) is 52.4 Å². The van der Waals surface area contributed by atoms with Gasteiger partial charge in [0.2, 0.25) is 0 Å². The summed E-state index contributed by atoms with van der Waals surface area (Å²) in [5.41, 5.74) is 0. The zero-order valence-electron chi connectivity index (χ0n) is 7.91. The van der Waals surface area contributed by atoms with E-state index >= 15 is 0 Å². The first-order chi connectivity index (χ1) is 6.00. The molecule has 5 heteroatoms. The average molecular weight is 265 g/mol. The molecule has 4 nitrogen and oxygen atoms in total. The molecule has 1 aliphatic rings. The SMILES string of the molecule is C1C[N-]CCNCC[N-]CC[N-]1.[Mo+3]. The fourth-order valence-electron chi connectivity index (χ4n) is 1.06. The van der Waals surface area contributed by atoms with Crippen molar-refractivity contribution in [3.63, 3.8) is 0 Å². The molecule has 1 saturated heterocycles. The van der Waals surface area contributed by atoms with Crippen LogP contribution < -0.4 is 5.32 Å². The van der Waals surface area contributed by atoms with Gasteiger partial charge in [-0.1, -0.05) is 0 Å². The van der Waals surface area contributed by atoms with E-state index < -0.39 is 0 Å². The van der Waals surface area contributed by atoms with E-state index in [4.69, 9.17) is 0 Å². The smallest absolute Gasteiger partial charge is 0.665 e. The fourth-order valence-corrected chi connectivity index (χ4v) is 1.06. The summed E-state index contributed by atoms with van der Waals surface area (Å²) in [5.74, 6) is 0. The first kappa shape index (κ1) is 13.5. The van der Waals surface area contributed by atoms with E-state index in [-0.39, 0.29) is 21.1 Å². The summed E-state index contributed by atoms with van der Waals surface area (Å²) in [4.78, 5) is 0. The van der Waals surface area contributed by atoms with Gasteiger partial charge in [0.25, 0.3) is 0 Å². The van der Waals surface area contributed by atoms with E-state index in [0.29, 0.717) is 0 Å². The van der Waals surface area contributed by atoms with Crippen LogP contribution in [0.4, 0.5) is 0 Å². The molecule has 1 N–H and O–H groups in total. The summed E-state index contributed by atoms with van der Waals surface area (Å²) in [6.45, 7) is 7.28. The summed E-state index contributed by atoms with van der Waals surface area (Å²) in [6, 6.07) is 0. The van der Waals surface area contributed by atoms with Crippen molar-refractivity contribution in [1.29, 1.82) is 0 Å². The van der Waals surface area contributed by atoms with Gasteiger partial charge in [0.05, 0.1) is 0 Å². The largest absolute Gasteiger partial charge is 3.00 e. The molecule has 1 aliphatic heterocycles. The molecule has 0 atom stereocenters. The number of hydrogen-bond donors (Lipinski definition) is 1.